The van der Waals surface area contributed by atoms with Crippen LogP contribution in [0.4, 0.5) is 0 Å². The molecule has 0 amide bonds. The van der Waals surface area contributed by atoms with Gasteiger partial charge in [-0.1, -0.05) is 11.8 Å². The monoisotopic (exact) mass is 238 g/mol. The zero-order chi connectivity index (χ0) is 11.6. The molecule has 1 N–H and O–H groups in total. The number of aliphatic imine (C=N–C) groups is 1. The first-order valence-corrected chi connectivity index (χ1v) is 6.47. The van der Waals surface area contributed by atoms with Crippen molar-refractivity contribution < 1.29 is 0 Å². The summed E-state index contributed by atoms with van der Waals surface area (Å²) in [6.07, 6.45) is 4.90. The third kappa shape index (κ3) is 3.01. The van der Waals surface area contributed by atoms with Crippen LogP contribution >= 0.6 is 11.8 Å². The molecule has 1 aliphatic rings. The summed E-state index contributed by atoms with van der Waals surface area (Å²) in [4.78, 5) is 4.55. The molecule has 0 aliphatic carbocycles. The highest BCUT2D eigenvalue weighted by atomic mass is 32.2. The Morgan fingerprint density at radius 3 is 3.00 bits per heavy atom. The number of hydrogen-bond acceptors (Lipinski definition) is 3. The molecule has 0 aromatic carbocycles. The molecule has 16 heavy (non-hydrogen) atoms. The Balaban J connectivity index is 1.82. The van der Waals surface area contributed by atoms with Crippen molar-refractivity contribution in [2.75, 3.05) is 12.3 Å². The Morgan fingerprint density at radius 1 is 1.62 bits per heavy atom. The molecule has 0 saturated carbocycles. The van der Waals surface area contributed by atoms with Crippen LogP contribution in [-0.2, 0) is 13.5 Å². The summed E-state index contributed by atoms with van der Waals surface area (Å²) in [5.41, 5.74) is 1.44. The van der Waals surface area contributed by atoms with E-state index < -0.39 is 0 Å². The van der Waals surface area contributed by atoms with Gasteiger partial charge in [-0.05, 0) is 25.8 Å². The van der Waals surface area contributed by atoms with Crippen LogP contribution in [0.5, 0.6) is 0 Å². The first-order chi connectivity index (χ1) is 7.55. The van der Waals surface area contributed by atoms with Crippen LogP contribution in [0.1, 0.15) is 19.4 Å². The number of hydrogen-bond donors (Lipinski definition) is 1. The van der Waals surface area contributed by atoms with Gasteiger partial charge < -0.3 is 5.32 Å². The highest BCUT2D eigenvalue weighted by Gasteiger charge is 2.26. The van der Waals surface area contributed by atoms with Gasteiger partial charge in [-0.2, -0.15) is 5.10 Å². The second kappa shape index (κ2) is 4.49. The summed E-state index contributed by atoms with van der Waals surface area (Å²) in [5.74, 6) is 1.10. The van der Waals surface area contributed by atoms with Gasteiger partial charge in [0.1, 0.15) is 0 Å². The number of rotatable bonds is 3. The van der Waals surface area contributed by atoms with E-state index >= 15 is 0 Å². The van der Waals surface area contributed by atoms with Gasteiger partial charge in [-0.15, -0.1) is 0 Å². The van der Waals surface area contributed by atoms with Crippen LogP contribution in [0.15, 0.2) is 17.4 Å². The minimum absolute atomic E-state index is 0.192. The first kappa shape index (κ1) is 11.5. The lowest BCUT2D eigenvalue weighted by atomic mass is 10.1. The fourth-order valence-corrected chi connectivity index (χ4v) is 2.68. The van der Waals surface area contributed by atoms with Crippen LogP contribution in [0.3, 0.4) is 0 Å². The average Bonchev–Trinajstić information content (AvgIpc) is 2.73. The third-order valence-corrected chi connectivity index (χ3v) is 3.80. The van der Waals surface area contributed by atoms with Gasteiger partial charge in [0.25, 0.3) is 0 Å². The molecule has 5 heteroatoms. The minimum atomic E-state index is 0.192. The maximum atomic E-state index is 4.55. The molecule has 88 valence electrons. The Morgan fingerprint density at radius 2 is 2.44 bits per heavy atom. The predicted molar refractivity (Wildman–Crippen MR) is 68.9 cm³/mol. The molecular weight excluding hydrogens is 220 g/mol. The number of nitrogens with zero attached hydrogens (tertiary/aromatic N) is 3. The second-order valence-electron chi connectivity index (χ2n) is 4.76. The molecule has 4 nitrogen and oxygen atoms in total. The van der Waals surface area contributed by atoms with Crippen molar-refractivity contribution in [1.82, 2.24) is 15.1 Å². The van der Waals surface area contributed by atoms with Crippen molar-refractivity contribution in [3.05, 3.63) is 18.0 Å². The summed E-state index contributed by atoms with van der Waals surface area (Å²) >= 11 is 1.81. The Hall–Kier alpha value is -0.970. The quantitative estimate of drug-likeness (QED) is 0.866. The average molecular weight is 238 g/mol. The van der Waals surface area contributed by atoms with Crippen LogP contribution in [0, 0.1) is 0 Å². The lowest BCUT2D eigenvalue weighted by Crippen LogP contribution is -2.36. The number of aryl methyl sites for hydroxylation is 1. The predicted octanol–water partition coefficient (Wildman–Crippen LogP) is 1.43. The van der Waals surface area contributed by atoms with E-state index in [0.29, 0.717) is 0 Å². The molecule has 1 aromatic rings. The molecule has 1 aliphatic heterocycles. The maximum Gasteiger partial charge on any atom is 0.157 e. The van der Waals surface area contributed by atoms with Gasteiger partial charge >= 0.3 is 0 Å². The van der Waals surface area contributed by atoms with Crippen LogP contribution < -0.4 is 5.32 Å². The van der Waals surface area contributed by atoms with E-state index in [0.717, 1.165) is 23.9 Å². The molecule has 1 aromatic heterocycles. The van der Waals surface area contributed by atoms with Gasteiger partial charge in [-0.3, -0.25) is 9.67 Å². The first-order valence-electron chi connectivity index (χ1n) is 5.48. The van der Waals surface area contributed by atoms with Gasteiger partial charge in [-0.25, -0.2) is 0 Å². The molecule has 1 fully saturated rings. The summed E-state index contributed by atoms with van der Waals surface area (Å²) in [7, 11) is 1.94. The van der Waals surface area contributed by atoms with E-state index in [1.165, 1.54) is 5.56 Å². The lowest BCUT2D eigenvalue weighted by Gasteiger charge is -2.15. The fraction of sp³-hybridized carbons (Fsp3) is 0.636. The molecule has 0 spiro atoms. The fourth-order valence-electron chi connectivity index (χ4n) is 1.58. The Bertz CT molecular complexity index is 394. The summed E-state index contributed by atoms with van der Waals surface area (Å²) in [6, 6.07) is 0. The molecule has 0 radical (unpaired) electrons. The Labute approximate surface area is 101 Å². The van der Waals surface area contributed by atoms with Crippen molar-refractivity contribution >= 4 is 16.9 Å². The van der Waals surface area contributed by atoms with Crippen LogP contribution in [-0.4, -0.2) is 32.8 Å². The van der Waals surface area contributed by atoms with Crippen molar-refractivity contribution in [3.63, 3.8) is 0 Å². The highest BCUT2D eigenvalue weighted by molar-refractivity contribution is 8.14. The van der Waals surface area contributed by atoms with Crippen molar-refractivity contribution in [1.29, 1.82) is 0 Å². The zero-order valence-electron chi connectivity index (χ0n) is 10.0. The van der Waals surface area contributed by atoms with E-state index in [4.69, 9.17) is 0 Å². The van der Waals surface area contributed by atoms with E-state index in [1.54, 1.807) is 0 Å². The number of nitrogens with one attached hydrogen (secondary N) is 1. The normalized spacial score (nSPS) is 21.3. The van der Waals surface area contributed by atoms with E-state index in [1.807, 2.05) is 35.9 Å². The maximum absolute atomic E-state index is 4.55. The van der Waals surface area contributed by atoms with E-state index in [9.17, 15) is 0 Å². The smallest absolute Gasteiger partial charge is 0.157 e. The van der Waals surface area contributed by atoms with Gasteiger partial charge in [0, 0.05) is 31.1 Å². The van der Waals surface area contributed by atoms with Crippen molar-refractivity contribution in [2.24, 2.45) is 12.0 Å². The molecule has 0 unspecified atom stereocenters. The topological polar surface area (TPSA) is 42.2 Å². The van der Waals surface area contributed by atoms with E-state index in [-0.39, 0.29) is 5.54 Å². The lowest BCUT2D eigenvalue weighted by molar-refractivity contribution is 0.536. The minimum Gasteiger partial charge on any atom is -0.359 e. The number of thioether (sulfide) groups is 1. The van der Waals surface area contributed by atoms with Gasteiger partial charge in [0.15, 0.2) is 5.17 Å². The molecule has 0 bridgehead atoms. The van der Waals surface area contributed by atoms with Gasteiger partial charge in [0.05, 0.1) is 6.20 Å². The molecular formula is C11H18N4S. The summed E-state index contributed by atoms with van der Waals surface area (Å²) < 4.78 is 1.83. The SMILES string of the molecule is Cn1cc(CCN=C2NC(C)(C)CS2)cn1. The largest absolute Gasteiger partial charge is 0.359 e. The molecule has 2 rings (SSSR count). The van der Waals surface area contributed by atoms with Crippen molar-refractivity contribution in [2.45, 2.75) is 25.8 Å². The van der Waals surface area contributed by atoms with Gasteiger partial charge in [0.2, 0.25) is 0 Å². The van der Waals surface area contributed by atoms with E-state index in [2.05, 4.69) is 29.3 Å². The standard InChI is InChI=1S/C11H18N4S/c1-11(2)8-16-10(14-11)12-5-4-9-6-13-15(3)7-9/h6-7H,4-5,8H2,1-3H3,(H,12,14). The van der Waals surface area contributed by atoms with Crippen LogP contribution in [0.25, 0.3) is 0 Å². The summed E-state index contributed by atoms with van der Waals surface area (Å²) in [5, 5.41) is 8.63. The third-order valence-electron chi connectivity index (χ3n) is 2.43. The van der Waals surface area contributed by atoms with Crippen molar-refractivity contribution in [3.8, 4) is 0 Å². The second-order valence-corrected chi connectivity index (χ2v) is 5.72. The zero-order valence-corrected chi connectivity index (χ0v) is 10.8. The highest BCUT2D eigenvalue weighted by Crippen LogP contribution is 2.21. The Kier molecular flexibility index (Phi) is 3.23. The molecule has 0 atom stereocenters. The summed E-state index contributed by atoms with van der Waals surface area (Å²) in [6.45, 7) is 5.23. The van der Waals surface area contributed by atoms with Crippen LogP contribution in [0.2, 0.25) is 0 Å². The molecule has 2 heterocycles. The number of amidine groups is 1. The molecule has 1 saturated heterocycles. The number of aromatic nitrogens is 2.